The normalized spacial score (nSPS) is 14.3. The third-order valence-electron chi connectivity index (χ3n) is 5.20. The van der Waals surface area contributed by atoms with Crippen molar-refractivity contribution in [3.63, 3.8) is 0 Å². The van der Waals surface area contributed by atoms with E-state index in [0.717, 1.165) is 12.1 Å². The average Bonchev–Trinajstić information content (AvgIpc) is 2.76. The van der Waals surface area contributed by atoms with Crippen LogP contribution in [-0.4, -0.2) is 28.9 Å². The van der Waals surface area contributed by atoms with Crippen LogP contribution in [-0.2, 0) is 28.7 Å². The number of anilines is 1. The number of nitrogens with two attached hydrogens (primary N) is 2. The van der Waals surface area contributed by atoms with Crippen LogP contribution >= 0.6 is 0 Å². The fraction of sp³-hybridized carbons (Fsp3) is 0.409. The second kappa shape index (κ2) is 10.9. The van der Waals surface area contributed by atoms with Gasteiger partial charge in [-0.1, -0.05) is 44.5 Å². The van der Waals surface area contributed by atoms with E-state index in [4.69, 9.17) is 11.5 Å². The molecule has 0 bridgehead atoms. The van der Waals surface area contributed by atoms with Gasteiger partial charge in [-0.25, -0.2) is 4.98 Å². The van der Waals surface area contributed by atoms with Gasteiger partial charge in [0.05, 0.1) is 11.6 Å². The highest BCUT2D eigenvalue weighted by Crippen LogP contribution is 2.29. The lowest BCUT2D eigenvalue weighted by Gasteiger charge is -2.23. The van der Waals surface area contributed by atoms with Gasteiger partial charge in [-0.15, -0.1) is 0 Å². The van der Waals surface area contributed by atoms with Crippen molar-refractivity contribution in [2.75, 3.05) is 5.73 Å². The molecule has 0 saturated carbocycles. The zero-order valence-electron chi connectivity index (χ0n) is 17.9. The van der Waals surface area contributed by atoms with Gasteiger partial charge in [-0.3, -0.25) is 9.59 Å². The summed E-state index contributed by atoms with van der Waals surface area (Å²) < 4.78 is 39.2. The molecule has 0 spiro atoms. The molecule has 1 heterocycles. The van der Waals surface area contributed by atoms with Crippen molar-refractivity contribution in [3.8, 4) is 0 Å². The Balaban J connectivity index is 2.19. The number of halogens is 3. The molecule has 0 aliphatic rings. The van der Waals surface area contributed by atoms with E-state index < -0.39 is 35.6 Å². The van der Waals surface area contributed by atoms with Gasteiger partial charge in [-0.2, -0.15) is 13.2 Å². The lowest BCUT2D eigenvalue weighted by molar-refractivity contribution is -0.137. The summed E-state index contributed by atoms with van der Waals surface area (Å²) in [6.45, 7) is 3.80. The SMILES string of the molecule is CCC(C)C(N)C(=O)N[C@H](Cc1cccc(C(F)(F)F)c1)C(=O)NCc1ccc(N)nc1. The molecular weight excluding hydrogens is 423 g/mol. The van der Waals surface area contributed by atoms with Crippen molar-refractivity contribution in [2.45, 2.75) is 51.5 Å². The average molecular weight is 451 g/mol. The molecule has 0 fully saturated rings. The number of pyridine rings is 1. The minimum atomic E-state index is -4.52. The molecule has 2 aromatic rings. The third-order valence-corrected chi connectivity index (χ3v) is 5.20. The van der Waals surface area contributed by atoms with Crippen LogP contribution in [0.5, 0.6) is 0 Å². The van der Waals surface area contributed by atoms with Crippen LogP contribution in [0.2, 0.25) is 0 Å². The summed E-state index contributed by atoms with van der Waals surface area (Å²) in [6.07, 6.45) is -2.50. The van der Waals surface area contributed by atoms with Gasteiger partial charge in [0.2, 0.25) is 11.8 Å². The Morgan fingerprint density at radius 3 is 2.44 bits per heavy atom. The zero-order chi connectivity index (χ0) is 23.9. The van der Waals surface area contributed by atoms with Crippen molar-refractivity contribution in [3.05, 3.63) is 59.3 Å². The molecule has 0 radical (unpaired) electrons. The molecule has 2 amide bonds. The smallest absolute Gasteiger partial charge is 0.384 e. The van der Waals surface area contributed by atoms with Crippen molar-refractivity contribution in [2.24, 2.45) is 11.7 Å². The van der Waals surface area contributed by atoms with E-state index in [-0.39, 0.29) is 24.4 Å². The van der Waals surface area contributed by atoms with Gasteiger partial charge in [0.15, 0.2) is 0 Å². The van der Waals surface area contributed by atoms with Gasteiger partial charge >= 0.3 is 6.18 Å². The number of rotatable bonds is 9. The van der Waals surface area contributed by atoms with Gasteiger partial charge in [-0.05, 0) is 29.2 Å². The molecule has 0 aliphatic heterocycles. The summed E-state index contributed by atoms with van der Waals surface area (Å²) in [6, 6.07) is 5.95. The standard InChI is InChI=1S/C22H28F3N5O2/c1-3-13(2)19(27)21(32)30-17(10-14-5-4-6-16(9-14)22(23,24)25)20(31)29-12-15-7-8-18(26)28-11-15/h4-9,11,13,17,19H,3,10,12,27H2,1-2H3,(H2,26,28)(H,29,31)(H,30,32)/t13?,17-,19?/m1/s1. The maximum absolute atomic E-state index is 13.1. The number of amides is 2. The van der Waals surface area contributed by atoms with Gasteiger partial charge in [0.25, 0.3) is 0 Å². The maximum atomic E-state index is 13.1. The number of hydrogen-bond donors (Lipinski definition) is 4. The molecule has 2 unspecified atom stereocenters. The molecule has 6 N–H and O–H groups in total. The summed E-state index contributed by atoms with van der Waals surface area (Å²) in [5.41, 5.74) is 11.6. The Morgan fingerprint density at radius 1 is 1.12 bits per heavy atom. The Morgan fingerprint density at radius 2 is 1.84 bits per heavy atom. The zero-order valence-corrected chi connectivity index (χ0v) is 17.9. The number of nitrogens with one attached hydrogen (secondary N) is 2. The van der Waals surface area contributed by atoms with Crippen LogP contribution < -0.4 is 22.1 Å². The summed E-state index contributed by atoms with van der Waals surface area (Å²) in [7, 11) is 0. The first-order chi connectivity index (χ1) is 15.0. The first-order valence-electron chi connectivity index (χ1n) is 10.2. The number of hydrogen-bond acceptors (Lipinski definition) is 5. The Bertz CT molecular complexity index is 919. The minimum Gasteiger partial charge on any atom is -0.384 e. The molecule has 32 heavy (non-hydrogen) atoms. The molecule has 7 nitrogen and oxygen atoms in total. The van der Waals surface area contributed by atoms with E-state index in [1.807, 2.05) is 6.92 Å². The third kappa shape index (κ3) is 7.23. The predicted octanol–water partition coefficient (Wildman–Crippen LogP) is 2.40. The van der Waals surface area contributed by atoms with Crippen molar-refractivity contribution >= 4 is 17.6 Å². The highest BCUT2D eigenvalue weighted by molar-refractivity contribution is 5.90. The minimum absolute atomic E-state index is 0.110. The lowest BCUT2D eigenvalue weighted by atomic mass is 9.98. The Kier molecular flexibility index (Phi) is 8.59. The predicted molar refractivity (Wildman–Crippen MR) is 115 cm³/mol. The van der Waals surface area contributed by atoms with Crippen LogP contribution in [0.4, 0.5) is 19.0 Å². The summed E-state index contributed by atoms with van der Waals surface area (Å²) in [5, 5.41) is 5.26. The van der Waals surface area contributed by atoms with Crippen LogP contribution in [0.25, 0.3) is 0 Å². The number of benzene rings is 1. The first kappa shape index (κ1) is 25.1. The van der Waals surface area contributed by atoms with Gasteiger partial charge in [0.1, 0.15) is 11.9 Å². The summed E-state index contributed by atoms with van der Waals surface area (Å²) >= 11 is 0. The van der Waals surface area contributed by atoms with Crippen molar-refractivity contribution < 1.29 is 22.8 Å². The molecule has 0 saturated heterocycles. The van der Waals surface area contributed by atoms with Crippen LogP contribution in [0, 0.1) is 5.92 Å². The van der Waals surface area contributed by atoms with E-state index >= 15 is 0 Å². The largest absolute Gasteiger partial charge is 0.416 e. The van der Waals surface area contributed by atoms with Gasteiger partial charge in [0, 0.05) is 19.2 Å². The van der Waals surface area contributed by atoms with E-state index in [0.29, 0.717) is 17.8 Å². The maximum Gasteiger partial charge on any atom is 0.416 e. The van der Waals surface area contributed by atoms with Crippen LogP contribution in [0.1, 0.15) is 37.0 Å². The number of nitrogen functional groups attached to an aromatic ring is 1. The summed E-state index contributed by atoms with van der Waals surface area (Å²) in [4.78, 5) is 29.3. The molecule has 10 heteroatoms. The Labute approximate surface area is 184 Å². The molecule has 1 aromatic carbocycles. The van der Waals surface area contributed by atoms with E-state index in [1.54, 1.807) is 19.1 Å². The molecule has 174 valence electrons. The molecule has 0 aliphatic carbocycles. The fourth-order valence-electron chi connectivity index (χ4n) is 2.95. The highest BCUT2D eigenvalue weighted by Gasteiger charge is 2.31. The van der Waals surface area contributed by atoms with E-state index in [9.17, 15) is 22.8 Å². The highest BCUT2D eigenvalue weighted by atomic mass is 19.4. The summed E-state index contributed by atoms with van der Waals surface area (Å²) in [5.74, 6) is -0.897. The quantitative estimate of drug-likeness (QED) is 0.466. The number of carbonyl (C=O) groups excluding carboxylic acids is 2. The second-order valence-electron chi connectivity index (χ2n) is 7.68. The number of alkyl halides is 3. The second-order valence-corrected chi connectivity index (χ2v) is 7.68. The first-order valence-corrected chi connectivity index (χ1v) is 10.2. The number of carbonyl (C=O) groups is 2. The van der Waals surface area contributed by atoms with Gasteiger partial charge < -0.3 is 22.1 Å². The van der Waals surface area contributed by atoms with Crippen LogP contribution in [0.15, 0.2) is 42.6 Å². The lowest BCUT2D eigenvalue weighted by Crippen LogP contribution is -2.53. The Hall–Kier alpha value is -3.14. The van der Waals surface area contributed by atoms with E-state index in [2.05, 4.69) is 15.6 Å². The number of aromatic nitrogens is 1. The van der Waals surface area contributed by atoms with E-state index in [1.165, 1.54) is 18.3 Å². The monoisotopic (exact) mass is 451 g/mol. The molecule has 1 aromatic heterocycles. The van der Waals surface area contributed by atoms with Crippen molar-refractivity contribution in [1.29, 1.82) is 0 Å². The van der Waals surface area contributed by atoms with Crippen molar-refractivity contribution in [1.82, 2.24) is 15.6 Å². The molecule has 2 rings (SSSR count). The topological polar surface area (TPSA) is 123 Å². The number of nitrogens with zero attached hydrogens (tertiary/aromatic N) is 1. The molecule has 3 atom stereocenters. The molecular formula is C22H28F3N5O2. The van der Waals surface area contributed by atoms with Crippen LogP contribution in [0.3, 0.4) is 0 Å². The fourth-order valence-corrected chi connectivity index (χ4v) is 2.95.